The highest BCUT2D eigenvalue weighted by Crippen LogP contribution is 2.69. The second-order valence-corrected chi connectivity index (χ2v) is 10.6. The van der Waals surface area contributed by atoms with Crippen molar-refractivity contribution in [2.45, 2.75) is 9.79 Å². The first-order valence-electron chi connectivity index (χ1n) is 6.67. The maximum atomic E-state index is 6.63. The van der Waals surface area contributed by atoms with E-state index in [1.165, 1.54) is 9.79 Å². The van der Waals surface area contributed by atoms with Gasteiger partial charge in [-0.3, -0.25) is 3.63 Å². The highest BCUT2D eigenvalue weighted by atomic mass is 32.3. The molecule has 1 nitrogen and oxygen atoms in total. The Kier molecular flexibility index (Phi) is 4.99. The molecule has 2 rings (SSSR count). The zero-order chi connectivity index (χ0) is 15.3. The second kappa shape index (κ2) is 6.56. The number of rotatable bonds is 6. The molecule has 2 aromatic carbocycles. The highest BCUT2D eigenvalue weighted by Gasteiger charge is 2.28. The van der Waals surface area contributed by atoms with Crippen molar-refractivity contribution in [1.82, 2.24) is 0 Å². The summed E-state index contributed by atoms with van der Waals surface area (Å²) < 4.78 is 6.63. The molecule has 2 atom stereocenters. The van der Waals surface area contributed by atoms with E-state index in [-0.39, 0.29) is 0 Å². The third-order valence-corrected chi connectivity index (χ3v) is 9.29. The maximum Gasteiger partial charge on any atom is 0.0173 e. The predicted molar refractivity (Wildman–Crippen MR) is 97.9 cm³/mol. The van der Waals surface area contributed by atoms with Crippen molar-refractivity contribution >= 4 is 20.6 Å². The second-order valence-electron chi connectivity index (χ2n) is 4.84. The summed E-state index contributed by atoms with van der Waals surface area (Å²) in [5, 5.41) is 3.89. The quantitative estimate of drug-likeness (QED) is 0.624. The lowest BCUT2D eigenvalue weighted by Crippen LogP contribution is -2.06. The van der Waals surface area contributed by atoms with Gasteiger partial charge in [0, 0.05) is 9.79 Å². The van der Waals surface area contributed by atoms with Gasteiger partial charge in [-0.15, -0.1) is 0 Å². The average Bonchev–Trinajstić information content (AvgIpc) is 2.56. The Bertz CT molecular complexity index is 556. The summed E-state index contributed by atoms with van der Waals surface area (Å²) in [7, 11) is -3.09. The molecule has 0 radical (unpaired) electrons. The molecule has 0 saturated carbocycles. The highest BCUT2D eigenvalue weighted by molar-refractivity contribution is 8.43. The van der Waals surface area contributed by atoms with Crippen LogP contribution in [0.25, 0.3) is 0 Å². The largest absolute Gasteiger partial charge is 0.275 e. The van der Waals surface area contributed by atoms with Crippen molar-refractivity contribution in [1.29, 1.82) is 0 Å². The molecule has 0 aliphatic heterocycles. The van der Waals surface area contributed by atoms with E-state index in [9.17, 15) is 0 Å². The molecule has 3 heteroatoms. The topological polar surface area (TPSA) is 9.23 Å². The van der Waals surface area contributed by atoms with E-state index in [2.05, 4.69) is 49.9 Å². The van der Waals surface area contributed by atoms with Gasteiger partial charge >= 0.3 is 0 Å². The molecule has 0 N–H and O–H groups in total. The molecule has 0 bridgehead atoms. The van der Waals surface area contributed by atoms with E-state index in [1.807, 2.05) is 47.2 Å². The average molecular weight is 319 g/mol. The van der Waals surface area contributed by atoms with Gasteiger partial charge in [-0.25, -0.2) is 0 Å². The smallest absolute Gasteiger partial charge is 0.0173 e. The van der Waals surface area contributed by atoms with Gasteiger partial charge in [-0.1, -0.05) is 70.2 Å². The molecule has 0 saturated heterocycles. The maximum absolute atomic E-state index is 6.63. The van der Waals surface area contributed by atoms with Gasteiger partial charge in [0.15, 0.2) is 0 Å². The predicted octanol–water partition coefficient (Wildman–Crippen LogP) is 6.11. The van der Waals surface area contributed by atoms with Crippen LogP contribution in [0.1, 0.15) is 0 Å². The van der Waals surface area contributed by atoms with Gasteiger partial charge in [-0.05, 0) is 47.6 Å². The molecule has 0 amide bonds. The fourth-order valence-electron chi connectivity index (χ4n) is 2.00. The molecule has 2 aromatic rings. The van der Waals surface area contributed by atoms with E-state index in [1.54, 1.807) is 0 Å². The Labute approximate surface area is 131 Å². The summed E-state index contributed by atoms with van der Waals surface area (Å²) in [5.74, 6) is 0. The van der Waals surface area contributed by atoms with E-state index in [0.717, 1.165) is 0 Å². The summed E-state index contributed by atoms with van der Waals surface area (Å²) >= 11 is 0. The van der Waals surface area contributed by atoms with Gasteiger partial charge in [0.2, 0.25) is 0 Å². The van der Waals surface area contributed by atoms with Gasteiger partial charge in [-0.2, -0.15) is 0 Å². The van der Waals surface area contributed by atoms with E-state index < -0.39 is 20.6 Å². The van der Waals surface area contributed by atoms with Crippen LogP contribution in [0.3, 0.4) is 0 Å². The molecule has 0 aromatic heterocycles. The Morgan fingerprint density at radius 1 is 0.714 bits per heavy atom. The van der Waals surface area contributed by atoms with Crippen molar-refractivity contribution in [3.8, 4) is 0 Å². The lowest BCUT2D eigenvalue weighted by Gasteiger charge is -2.43. The summed E-state index contributed by atoms with van der Waals surface area (Å²) in [6, 6.07) is 20.6. The van der Waals surface area contributed by atoms with Crippen molar-refractivity contribution in [2.24, 2.45) is 0 Å². The normalized spacial score (nSPS) is 19.5. The summed E-state index contributed by atoms with van der Waals surface area (Å²) in [6.07, 6.45) is 4.26. The van der Waals surface area contributed by atoms with Crippen molar-refractivity contribution in [3.05, 3.63) is 84.6 Å². The van der Waals surface area contributed by atoms with Crippen molar-refractivity contribution in [2.75, 3.05) is 12.5 Å². The molecule has 0 aliphatic carbocycles. The van der Waals surface area contributed by atoms with Gasteiger partial charge in [0.25, 0.3) is 0 Å². The fraction of sp³-hybridized carbons (Fsp3) is 0.111. The molecule has 112 valence electrons. The van der Waals surface area contributed by atoms with Gasteiger partial charge < -0.3 is 0 Å². The summed E-state index contributed by atoms with van der Waals surface area (Å²) in [6.45, 7) is 8.02. The van der Waals surface area contributed by atoms with Gasteiger partial charge in [0.05, 0.1) is 0 Å². The van der Waals surface area contributed by atoms with E-state index in [0.29, 0.717) is 0 Å². The lowest BCUT2D eigenvalue weighted by atomic mass is 10.4. The van der Waals surface area contributed by atoms with Crippen LogP contribution in [0.2, 0.25) is 0 Å². The summed E-state index contributed by atoms with van der Waals surface area (Å²) in [4.78, 5) is 2.35. The zero-order valence-electron chi connectivity index (χ0n) is 12.6. The van der Waals surface area contributed by atoms with Crippen LogP contribution in [0, 0.1) is 0 Å². The molecule has 0 fully saturated rings. The minimum Gasteiger partial charge on any atom is -0.275 e. The number of hydrogen-bond donors (Lipinski definition) is 0. The van der Waals surface area contributed by atoms with Crippen molar-refractivity contribution < 1.29 is 3.63 Å². The minimum absolute atomic E-state index is 1.18. The Balaban J connectivity index is 2.40. The fourth-order valence-corrected chi connectivity index (χ4v) is 7.20. The molecule has 0 aliphatic rings. The summed E-state index contributed by atoms with van der Waals surface area (Å²) in [5.41, 5.74) is 0. The Hall–Kier alpha value is -1.42. The van der Waals surface area contributed by atoms with Crippen LogP contribution in [0.4, 0.5) is 0 Å². The zero-order valence-corrected chi connectivity index (χ0v) is 14.2. The molecule has 2 unspecified atom stereocenters. The number of hydrogen-bond acceptors (Lipinski definition) is 1. The van der Waals surface area contributed by atoms with Crippen LogP contribution in [-0.2, 0) is 3.63 Å². The third kappa shape index (κ3) is 3.43. The Morgan fingerprint density at radius 2 is 1.05 bits per heavy atom. The molecular weight excluding hydrogens is 296 g/mol. The first-order chi connectivity index (χ1) is 10.0. The SMILES string of the molecule is C=CS(C)(OS(C)(C=C)c1ccccc1)c1ccccc1. The molecule has 0 heterocycles. The van der Waals surface area contributed by atoms with Crippen LogP contribution in [0.15, 0.2) is 94.4 Å². The standard InChI is InChI=1S/C18H22OS2/c1-5-20(3,17-13-9-7-10-14-17)19-21(4,6-2)18-15-11-8-12-16-18/h5-16H,1-2H2,3-4H3. The van der Waals surface area contributed by atoms with Gasteiger partial charge in [0.1, 0.15) is 0 Å². The minimum atomic E-state index is -1.54. The molecule has 21 heavy (non-hydrogen) atoms. The lowest BCUT2D eigenvalue weighted by molar-refractivity contribution is 0.708. The Morgan fingerprint density at radius 3 is 1.33 bits per heavy atom. The molecular formula is C18H22OS2. The van der Waals surface area contributed by atoms with E-state index >= 15 is 0 Å². The molecule has 0 spiro atoms. The first kappa shape index (κ1) is 16.0. The van der Waals surface area contributed by atoms with Crippen LogP contribution >= 0.6 is 20.6 Å². The number of benzene rings is 2. The monoisotopic (exact) mass is 318 g/mol. The van der Waals surface area contributed by atoms with E-state index in [4.69, 9.17) is 3.63 Å². The van der Waals surface area contributed by atoms with Crippen LogP contribution in [0.5, 0.6) is 0 Å². The van der Waals surface area contributed by atoms with Crippen LogP contribution < -0.4 is 0 Å². The first-order valence-corrected chi connectivity index (χ1v) is 10.7. The third-order valence-electron chi connectivity index (χ3n) is 3.34. The van der Waals surface area contributed by atoms with Crippen molar-refractivity contribution in [3.63, 3.8) is 0 Å². The van der Waals surface area contributed by atoms with Crippen LogP contribution in [-0.4, -0.2) is 12.5 Å².